The Morgan fingerprint density at radius 3 is 2.41 bits per heavy atom. The number of hydrogen-bond acceptors (Lipinski definition) is 4. The molecule has 0 aromatic heterocycles. The van der Waals surface area contributed by atoms with Crippen LogP contribution in [-0.4, -0.2) is 31.1 Å². The molecule has 1 aliphatic heterocycles. The molecule has 1 atom stereocenters. The van der Waals surface area contributed by atoms with Crippen molar-refractivity contribution in [2.45, 2.75) is 19.4 Å². The molecule has 0 aliphatic carbocycles. The number of carbonyl (C=O) groups excluding carboxylic acids is 2. The van der Waals surface area contributed by atoms with Gasteiger partial charge in [0.1, 0.15) is 6.10 Å². The van der Waals surface area contributed by atoms with Gasteiger partial charge >= 0.3 is 5.97 Å². The number of rotatable bonds is 3. The van der Waals surface area contributed by atoms with Crippen molar-refractivity contribution < 1.29 is 19.1 Å². The molecule has 1 fully saturated rings. The molecule has 1 saturated heterocycles. The van der Waals surface area contributed by atoms with Crippen molar-refractivity contribution in [3.63, 3.8) is 0 Å². The Labute approximate surface area is 99.5 Å². The molecule has 0 radical (unpaired) electrons. The highest BCUT2D eigenvalue weighted by Crippen LogP contribution is 2.12. The van der Waals surface area contributed by atoms with Crippen molar-refractivity contribution in [1.29, 1.82) is 0 Å². The normalized spacial score (nSPS) is 19.0. The van der Waals surface area contributed by atoms with Crippen LogP contribution in [0.4, 0.5) is 0 Å². The molecular weight excluding hydrogens is 220 g/mol. The van der Waals surface area contributed by atoms with Crippen LogP contribution in [0.2, 0.25) is 0 Å². The maximum Gasteiger partial charge on any atom is 0.338 e. The molecule has 0 N–H and O–H groups in total. The number of esters is 1. The maximum absolute atomic E-state index is 11.7. The minimum absolute atomic E-state index is 0.0193. The number of Topliss-reactive ketones (excluding diaryl/α,β-unsaturated/α-hetero) is 1. The summed E-state index contributed by atoms with van der Waals surface area (Å²) in [7, 11) is 0. The van der Waals surface area contributed by atoms with Gasteiger partial charge in [-0.1, -0.05) is 12.1 Å². The van der Waals surface area contributed by atoms with E-state index in [0.717, 1.165) is 6.42 Å². The first-order valence-electron chi connectivity index (χ1n) is 5.56. The van der Waals surface area contributed by atoms with Crippen LogP contribution in [0.5, 0.6) is 0 Å². The molecule has 4 nitrogen and oxygen atoms in total. The summed E-state index contributed by atoms with van der Waals surface area (Å²) in [5.41, 5.74) is 1.05. The fourth-order valence-electron chi connectivity index (χ4n) is 1.67. The fraction of sp³-hybridized carbons (Fsp3) is 0.385. The number of benzene rings is 1. The van der Waals surface area contributed by atoms with Crippen LogP contribution in [0.3, 0.4) is 0 Å². The molecule has 0 spiro atoms. The Morgan fingerprint density at radius 1 is 1.24 bits per heavy atom. The van der Waals surface area contributed by atoms with E-state index in [0.29, 0.717) is 24.3 Å². The number of carbonyl (C=O) groups is 2. The standard InChI is InChI=1S/C13H14O4/c1-9(14)10-2-4-11(5-3-10)13(15)17-12-6-7-16-8-12/h2-5,12H,6-8H2,1H3/t12-/m0/s1. The maximum atomic E-state index is 11.7. The van der Waals surface area contributed by atoms with E-state index in [-0.39, 0.29) is 17.9 Å². The quantitative estimate of drug-likeness (QED) is 0.591. The summed E-state index contributed by atoms with van der Waals surface area (Å²) in [6.07, 6.45) is 0.604. The molecule has 2 rings (SSSR count). The average molecular weight is 234 g/mol. The van der Waals surface area contributed by atoms with E-state index >= 15 is 0 Å². The summed E-state index contributed by atoms with van der Waals surface area (Å²) in [6.45, 7) is 2.60. The van der Waals surface area contributed by atoms with Gasteiger partial charge in [0.15, 0.2) is 5.78 Å². The third kappa shape index (κ3) is 2.91. The second kappa shape index (κ2) is 5.10. The van der Waals surface area contributed by atoms with E-state index in [2.05, 4.69) is 0 Å². The van der Waals surface area contributed by atoms with Crippen molar-refractivity contribution in [2.75, 3.05) is 13.2 Å². The fourth-order valence-corrected chi connectivity index (χ4v) is 1.67. The SMILES string of the molecule is CC(=O)c1ccc(C(=O)O[C@H]2CCOC2)cc1. The number of ether oxygens (including phenoxy) is 2. The molecule has 1 aromatic carbocycles. The monoisotopic (exact) mass is 234 g/mol. The summed E-state index contributed by atoms with van der Waals surface area (Å²) in [5.74, 6) is -0.385. The summed E-state index contributed by atoms with van der Waals surface area (Å²) in [4.78, 5) is 22.8. The highest BCUT2D eigenvalue weighted by molar-refractivity contribution is 5.96. The van der Waals surface area contributed by atoms with E-state index in [1.165, 1.54) is 6.92 Å². The third-order valence-corrected chi connectivity index (χ3v) is 2.69. The minimum Gasteiger partial charge on any atom is -0.456 e. The van der Waals surface area contributed by atoms with E-state index in [1.807, 2.05) is 0 Å². The Balaban J connectivity index is 2.01. The van der Waals surface area contributed by atoms with Gasteiger partial charge in [-0.25, -0.2) is 4.79 Å². The summed E-state index contributed by atoms with van der Waals surface area (Å²) in [6, 6.07) is 6.47. The molecule has 17 heavy (non-hydrogen) atoms. The Morgan fingerprint density at radius 2 is 1.88 bits per heavy atom. The van der Waals surface area contributed by atoms with Crippen LogP contribution in [0.15, 0.2) is 24.3 Å². The number of ketones is 1. The zero-order valence-corrected chi connectivity index (χ0v) is 9.64. The number of hydrogen-bond donors (Lipinski definition) is 0. The smallest absolute Gasteiger partial charge is 0.338 e. The predicted octanol–water partition coefficient (Wildman–Crippen LogP) is 1.83. The molecule has 1 aromatic rings. The lowest BCUT2D eigenvalue weighted by Crippen LogP contribution is -2.18. The van der Waals surface area contributed by atoms with Crippen molar-refractivity contribution in [2.24, 2.45) is 0 Å². The van der Waals surface area contributed by atoms with Gasteiger partial charge in [0.2, 0.25) is 0 Å². The summed E-state index contributed by atoms with van der Waals surface area (Å²) >= 11 is 0. The van der Waals surface area contributed by atoms with Crippen molar-refractivity contribution in [3.05, 3.63) is 35.4 Å². The second-order valence-electron chi connectivity index (χ2n) is 4.02. The van der Waals surface area contributed by atoms with Crippen molar-refractivity contribution in [3.8, 4) is 0 Å². The van der Waals surface area contributed by atoms with Crippen molar-refractivity contribution >= 4 is 11.8 Å². The van der Waals surface area contributed by atoms with Gasteiger partial charge in [-0.3, -0.25) is 4.79 Å². The predicted molar refractivity (Wildman–Crippen MR) is 61.1 cm³/mol. The van der Waals surface area contributed by atoms with E-state index < -0.39 is 0 Å². The van der Waals surface area contributed by atoms with Gasteiger partial charge in [-0.2, -0.15) is 0 Å². The first-order chi connectivity index (χ1) is 8.16. The van der Waals surface area contributed by atoms with Crippen molar-refractivity contribution in [1.82, 2.24) is 0 Å². The second-order valence-corrected chi connectivity index (χ2v) is 4.02. The van der Waals surface area contributed by atoms with Gasteiger partial charge < -0.3 is 9.47 Å². The minimum atomic E-state index is -0.365. The Kier molecular flexibility index (Phi) is 3.54. The van der Waals surface area contributed by atoms with E-state index in [1.54, 1.807) is 24.3 Å². The van der Waals surface area contributed by atoms with Gasteiger partial charge in [-0.15, -0.1) is 0 Å². The topological polar surface area (TPSA) is 52.6 Å². The highest BCUT2D eigenvalue weighted by Gasteiger charge is 2.20. The van der Waals surface area contributed by atoms with Crippen LogP contribution in [0.25, 0.3) is 0 Å². The largest absolute Gasteiger partial charge is 0.456 e. The molecule has 1 aliphatic rings. The zero-order chi connectivity index (χ0) is 12.3. The van der Waals surface area contributed by atoms with Gasteiger partial charge in [-0.05, 0) is 19.1 Å². The van der Waals surface area contributed by atoms with Gasteiger partial charge in [0.25, 0.3) is 0 Å². The molecule has 4 heteroatoms. The zero-order valence-electron chi connectivity index (χ0n) is 9.64. The molecule has 1 heterocycles. The van der Waals surface area contributed by atoms with Crippen LogP contribution in [-0.2, 0) is 9.47 Å². The molecule has 0 unspecified atom stereocenters. The lowest BCUT2D eigenvalue weighted by Gasteiger charge is -2.09. The Bertz CT molecular complexity index is 416. The van der Waals surface area contributed by atoms with Crippen LogP contribution < -0.4 is 0 Å². The molecular formula is C13H14O4. The summed E-state index contributed by atoms with van der Waals surface area (Å²) in [5, 5.41) is 0. The first-order valence-corrected chi connectivity index (χ1v) is 5.56. The molecule has 0 amide bonds. The molecule has 90 valence electrons. The van der Waals surface area contributed by atoms with Gasteiger partial charge in [0, 0.05) is 12.0 Å². The van der Waals surface area contributed by atoms with E-state index in [9.17, 15) is 9.59 Å². The average Bonchev–Trinajstić information content (AvgIpc) is 2.82. The summed E-state index contributed by atoms with van der Waals surface area (Å²) < 4.78 is 10.4. The highest BCUT2D eigenvalue weighted by atomic mass is 16.6. The van der Waals surface area contributed by atoms with E-state index in [4.69, 9.17) is 9.47 Å². The lowest BCUT2D eigenvalue weighted by molar-refractivity contribution is 0.0270. The first kappa shape index (κ1) is 11.8. The third-order valence-electron chi connectivity index (χ3n) is 2.69. The Hall–Kier alpha value is -1.68. The van der Waals surface area contributed by atoms with Crippen LogP contribution in [0.1, 0.15) is 34.1 Å². The molecule has 0 saturated carbocycles. The molecule has 0 bridgehead atoms. The van der Waals surface area contributed by atoms with Gasteiger partial charge in [0.05, 0.1) is 18.8 Å². The van der Waals surface area contributed by atoms with Crippen LogP contribution in [0, 0.1) is 0 Å². The lowest BCUT2D eigenvalue weighted by atomic mass is 10.1. The van der Waals surface area contributed by atoms with Crippen LogP contribution >= 0.6 is 0 Å².